The molecule has 0 amide bonds. The quantitative estimate of drug-likeness (QED) is 0.693. The van der Waals surface area contributed by atoms with Gasteiger partial charge in [0.1, 0.15) is 0 Å². The summed E-state index contributed by atoms with van der Waals surface area (Å²) in [6.45, 7) is 0. The third kappa shape index (κ3) is 1.62. The summed E-state index contributed by atoms with van der Waals surface area (Å²) in [5.74, 6) is 0.371. The van der Waals surface area contributed by atoms with Gasteiger partial charge in [-0.1, -0.05) is 23.2 Å². The first-order chi connectivity index (χ1) is 6.20. The number of rotatable bonds is 1. The van der Waals surface area contributed by atoms with E-state index in [0.29, 0.717) is 21.6 Å². The molecule has 0 aliphatic heterocycles. The van der Waals surface area contributed by atoms with Crippen molar-refractivity contribution in [1.82, 2.24) is 9.38 Å². The Bertz CT molecular complexity index is 450. The standard InChI is InChI=1S/C8H5Cl3N2/c9-2-6-4-13-3-5(10)1-7(11)8(13)12-6/h1,3-4H,2H2. The molecule has 2 aromatic heterocycles. The van der Waals surface area contributed by atoms with Gasteiger partial charge in [0.15, 0.2) is 5.65 Å². The molecule has 0 saturated heterocycles. The van der Waals surface area contributed by atoms with Crippen LogP contribution in [-0.4, -0.2) is 9.38 Å². The minimum Gasteiger partial charge on any atom is -0.304 e. The summed E-state index contributed by atoms with van der Waals surface area (Å²) in [6.07, 6.45) is 3.55. The van der Waals surface area contributed by atoms with E-state index in [4.69, 9.17) is 34.8 Å². The first-order valence-corrected chi connectivity index (χ1v) is 4.88. The van der Waals surface area contributed by atoms with Gasteiger partial charge in [0.2, 0.25) is 0 Å². The number of aromatic nitrogens is 2. The highest BCUT2D eigenvalue weighted by molar-refractivity contribution is 6.36. The van der Waals surface area contributed by atoms with Crippen molar-refractivity contribution >= 4 is 40.4 Å². The summed E-state index contributed by atoms with van der Waals surface area (Å²) in [4.78, 5) is 4.21. The van der Waals surface area contributed by atoms with E-state index in [2.05, 4.69) is 4.98 Å². The van der Waals surface area contributed by atoms with Crippen molar-refractivity contribution in [3.8, 4) is 0 Å². The Morgan fingerprint density at radius 1 is 1.31 bits per heavy atom. The second-order valence-corrected chi connectivity index (χ2v) is 3.71. The number of alkyl halides is 1. The molecule has 0 fully saturated rings. The van der Waals surface area contributed by atoms with E-state index in [9.17, 15) is 0 Å². The summed E-state index contributed by atoms with van der Waals surface area (Å²) in [7, 11) is 0. The number of hydrogen-bond acceptors (Lipinski definition) is 1. The van der Waals surface area contributed by atoms with Gasteiger partial charge < -0.3 is 4.40 Å². The van der Waals surface area contributed by atoms with Crippen molar-refractivity contribution in [2.24, 2.45) is 0 Å². The van der Waals surface area contributed by atoms with Crippen LogP contribution in [0.2, 0.25) is 10.0 Å². The average molecular weight is 236 g/mol. The molecular weight excluding hydrogens is 230 g/mol. The summed E-state index contributed by atoms with van der Waals surface area (Å²) < 4.78 is 1.77. The van der Waals surface area contributed by atoms with Crippen LogP contribution in [0.5, 0.6) is 0 Å². The number of imidazole rings is 1. The smallest absolute Gasteiger partial charge is 0.155 e. The van der Waals surface area contributed by atoms with E-state index in [-0.39, 0.29) is 0 Å². The maximum atomic E-state index is 5.92. The fourth-order valence-corrected chi connectivity index (χ4v) is 1.80. The lowest BCUT2D eigenvalue weighted by atomic mass is 10.5. The zero-order chi connectivity index (χ0) is 9.42. The normalized spacial score (nSPS) is 11.0. The van der Waals surface area contributed by atoms with Crippen molar-refractivity contribution in [1.29, 1.82) is 0 Å². The third-order valence-electron chi connectivity index (χ3n) is 1.66. The SMILES string of the molecule is ClCc1cn2cc(Cl)cc(Cl)c2n1. The Hall–Kier alpha value is -0.440. The van der Waals surface area contributed by atoms with Crippen LogP contribution < -0.4 is 0 Å². The van der Waals surface area contributed by atoms with E-state index in [0.717, 1.165) is 5.69 Å². The molecule has 0 radical (unpaired) electrons. The van der Waals surface area contributed by atoms with Crippen LogP contribution in [0.15, 0.2) is 18.5 Å². The van der Waals surface area contributed by atoms with E-state index in [1.54, 1.807) is 22.9 Å². The molecule has 68 valence electrons. The number of pyridine rings is 1. The summed E-state index contributed by atoms with van der Waals surface area (Å²) in [5.41, 5.74) is 1.47. The Balaban J connectivity index is 2.75. The van der Waals surface area contributed by atoms with Crippen LogP contribution in [0.4, 0.5) is 0 Å². The second kappa shape index (κ2) is 3.37. The molecule has 2 rings (SSSR count). The highest BCUT2D eigenvalue weighted by Gasteiger charge is 2.05. The predicted molar refractivity (Wildman–Crippen MR) is 54.8 cm³/mol. The van der Waals surface area contributed by atoms with E-state index in [1.165, 1.54) is 0 Å². The Morgan fingerprint density at radius 2 is 2.08 bits per heavy atom. The molecule has 0 aliphatic carbocycles. The molecule has 2 aromatic rings. The highest BCUT2D eigenvalue weighted by atomic mass is 35.5. The monoisotopic (exact) mass is 234 g/mol. The number of hydrogen-bond donors (Lipinski definition) is 0. The van der Waals surface area contributed by atoms with Crippen molar-refractivity contribution in [2.45, 2.75) is 5.88 Å². The molecule has 0 atom stereocenters. The molecule has 2 heterocycles. The van der Waals surface area contributed by atoms with Crippen LogP contribution in [-0.2, 0) is 5.88 Å². The Labute approximate surface area is 90.0 Å². The zero-order valence-corrected chi connectivity index (χ0v) is 8.74. The van der Waals surface area contributed by atoms with Gasteiger partial charge in [-0.05, 0) is 6.07 Å². The minimum absolute atomic E-state index is 0.371. The van der Waals surface area contributed by atoms with Crippen LogP contribution in [0.1, 0.15) is 5.69 Å². The zero-order valence-electron chi connectivity index (χ0n) is 6.47. The lowest BCUT2D eigenvalue weighted by molar-refractivity contribution is 1.18. The third-order valence-corrected chi connectivity index (χ3v) is 2.42. The molecule has 13 heavy (non-hydrogen) atoms. The van der Waals surface area contributed by atoms with E-state index < -0.39 is 0 Å². The summed E-state index contributed by atoms with van der Waals surface area (Å²) >= 11 is 17.4. The maximum Gasteiger partial charge on any atom is 0.155 e. The van der Waals surface area contributed by atoms with Crippen molar-refractivity contribution in [3.63, 3.8) is 0 Å². The van der Waals surface area contributed by atoms with Gasteiger partial charge in [-0.25, -0.2) is 4.98 Å². The molecule has 0 aromatic carbocycles. The first kappa shape index (κ1) is 9.13. The molecule has 5 heteroatoms. The Morgan fingerprint density at radius 3 is 2.77 bits per heavy atom. The molecule has 0 N–H and O–H groups in total. The van der Waals surface area contributed by atoms with Gasteiger partial charge in [-0.2, -0.15) is 0 Å². The molecule has 2 nitrogen and oxygen atoms in total. The van der Waals surface area contributed by atoms with Crippen molar-refractivity contribution in [2.75, 3.05) is 0 Å². The van der Waals surface area contributed by atoms with Gasteiger partial charge in [0.25, 0.3) is 0 Å². The summed E-state index contributed by atoms with van der Waals surface area (Å²) in [6, 6.07) is 1.66. The maximum absolute atomic E-state index is 5.92. The van der Waals surface area contributed by atoms with Crippen molar-refractivity contribution in [3.05, 3.63) is 34.2 Å². The molecule has 0 spiro atoms. The van der Waals surface area contributed by atoms with Gasteiger partial charge in [-0.3, -0.25) is 0 Å². The lowest BCUT2D eigenvalue weighted by Crippen LogP contribution is -1.82. The number of fused-ring (bicyclic) bond motifs is 1. The molecule has 0 unspecified atom stereocenters. The fraction of sp³-hybridized carbons (Fsp3) is 0.125. The van der Waals surface area contributed by atoms with Gasteiger partial charge in [-0.15, -0.1) is 11.6 Å². The molecular formula is C8H5Cl3N2. The first-order valence-electron chi connectivity index (χ1n) is 3.59. The Kier molecular flexibility index (Phi) is 2.37. The van der Waals surface area contributed by atoms with Crippen molar-refractivity contribution < 1.29 is 0 Å². The molecule has 0 saturated carbocycles. The second-order valence-electron chi connectivity index (χ2n) is 2.60. The number of nitrogens with zero attached hydrogens (tertiary/aromatic N) is 2. The van der Waals surface area contributed by atoms with Crippen LogP contribution in [0, 0.1) is 0 Å². The fourth-order valence-electron chi connectivity index (χ4n) is 1.14. The summed E-state index contributed by atoms with van der Waals surface area (Å²) in [5, 5.41) is 1.11. The molecule has 0 aliphatic rings. The van der Waals surface area contributed by atoms with Gasteiger partial charge >= 0.3 is 0 Å². The van der Waals surface area contributed by atoms with Gasteiger partial charge in [0.05, 0.1) is 21.6 Å². The predicted octanol–water partition coefficient (Wildman–Crippen LogP) is 3.38. The van der Waals surface area contributed by atoms with E-state index in [1.807, 2.05) is 0 Å². The molecule has 0 bridgehead atoms. The van der Waals surface area contributed by atoms with E-state index >= 15 is 0 Å². The van der Waals surface area contributed by atoms with Crippen LogP contribution >= 0.6 is 34.8 Å². The van der Waals surface area contributed by atoms with Crippen LogP contribution in [0.3, 0.4) is 0 Å². The lowest BCUT2D eigenvalue weighted by Gasteiger charge is -1.95. The topological polar surface area (TPSA) is 17.3 Å². The highest BCUT2D eigenvalue weighted by Crippen LogP contribution is 2.21. The minimum atomic E-state index is 0.371. The van der Waals surface area contributed by atoms with Crippen LogP contribution in [0.25, 0.3) is 5.65 Å². The largest absolute Gasteiger partial charge is 0.304 e. The van der Waals surface area contributed by atoms with Gasteiger partial charge in [0, 0.05) is 12.4 Å². The number of halogens is 3. The average Bonchev–Trinajstić information content (AvgIpc) is 2.47.